The van der Waals surface area contributed by atoms with Crippen molar-refractivity contribution >= 4 is 29.5 Å². The number of carbonyl (C=O) groups is 1. The number of rotatable bonds is 2. The van der Waals surface area contributed by atoms with Crippen molar-refractivity contribution in [2.24, 2.45) is 5.10 Å². The summed E-state index contributed by atoms with van der Waals surface area (Å²) in [7, 11) is 0. The summed E-state index contributed by atoms with van der Waals surface area (Å²) >= 11 is 1.38. The molecule has 3 aliphatic heterocycles. The van der Waals surface area contributed by atoms with E-state index in [1.54, 1.807) is 0 Å². The van der Waals surface area contributed by atoms with E-state index >= 15 is 0 Å². The Kier molecular flexibility index (Phi) is 4.36. The quantitative estimate of drug-likeness (QED) is 0.568. The number of nitrogens with one attached hydrogen (secondary N) is 1. The molecule has 0 aliphatic carbocycles. The second-order valence-corrected chi connectivity index (χ2v) is 9.37. The smallest absolute Gasteiger partial charge is 0.336 e. The lowest BCUT2D eigenvalue weighted by Crippen LogP contribution is -2.58. The SMILES string of the molecule is Cc1ccc(/C=C2\SC3(NC2=O)Oc2ccccc2C2CC(c4ccccc4)=NN23)cc1. The third-order valence-corrected chi connectivity index (χ3v) is 7.14. The summed E-state index contributed by atoms with van der Waals surface area (Å²) in [4.78, 5) is 13.6. The van der Waals surface area contributed by atoms with Gasteiger partial charge < -0.3 is 4.74 Å². The molecular weight excluding hydrogens is 418 g/mol. The number of para-hydroxylation sites is 1. The van der Waals surface area contributed by atoms with E-state index in [-0.39, 0.29) is 11.9 Å². The Balaban J connectivity index is 1.42. The van der Waals surface area contributed by atoms with E-state index in [2.05, 4.69) is 23.5 Å². The van der Waals surface area contributed by atoms with Gasteiger partial charge >= 0.3 is 5.18 Å². The minimum atomic E-state index is -1.11. The van der Waals surface area contributed by atoms with Crippen LogP contribution in [0.15, 0.2) is 88.9 Å². The molecule has 1 amide bonds. The van der Waals surface area contributed by atoms with E-state index in [4.69, 9.17) is 9.84 Å². The topological polar surface area (TPSA) is 53.9 Å². The first kappa shape index (κ1) is 19.2. The van der Waals surface area contributed by atoms with E-state index in [0.717, 1.165) is 34.6 Å². The molecular formula is C26H21N3O2S. The van der Waals surface area contributed by atoms with Gasteiger partial charge in [-0.3, -0.25) is 10.1 Å². The van der Waals surface area contributed by atoms with Crippen LogP contribution in [0.1, 0.15) is 34.7 Å². The van der Waals surface area contributed by atoms with Crippen molar-refractivity contribution in [3.8, 4) is 5.75 Å². The van der Waals surface area contributed by atoms with Crippen LogP contribution in [0.4, 0.5) is 0 Å². The molecule has 1 saturated heterocycles. The molecule has 3 aromatic carbocycles. The summed E-state index contributed by atoms with van der Waals surface area (Å²) in [6.07, 6.45) is 2.66. The van der Waals surface area contributed by atoms with Gasteiger partial charge in [0.15, 0.2) is 0 Å². The van der Waals surface area contributed by atoms with Crippen molar-refractivity contribution in [2.45, 2.75) is 24.6 Å². The van der Waals surface area contributed by atoms with Crippen LogP contribution in [-0.4, -0.2) is 21.8 Å². The molecule has 5 nitrogen and oxygen atoms in total. The summed E-state index contributed by atoms with van der Waals surface area (Å²) in [6, 6.07) is 26.3. The van der Waals surface area contributed by atoms with Gasteiger partial charge in [0.1, 0.15) is 5.75 Å². The number of aryl methyl sites for hydroxylation is 1. The number of amides is 1. The largest absolute Gasteiger partial charge is 0.439 e. The highest BCUT2D eigenvalue weighted by Gasteiger charge is 2.57. The molecule has 1 spiro atoms. The fourth-order valence-corrected chi connectivity index (χ4v) is 5.53. The van der Waals surface area contributed by atoms with Crippen LogP contribution >= 0.6 is 11.8 Å². The number of nitrogens with zero attached hydrogens (tertiary/aromatic N) is 2. The Bertz CT molecular complexity index is 1270. The molecule has 2 atom stereocenters. The standard InChI is InChI=1S/C26H21N3O2S/c1-17-11-13-18(14-12-17)15-24-25(30)27-26(32-24)29-22(20-9-5-6-10-23(20)31-26)16-21(28-29)19-7-3-2-4-8-19/h2-15,22H,16H2,1H3,(H,27,30)/b24-15-. The van der Waals surface area contributed by atoms with Gasteiger partial charge in [0.2, 0.25) is 0 Å². The molecule has 6 heteroatoms. The van der Waals surface area contributed by atoms with Crippen molar-refractivity contribution < 1.29 is 9.53 Å². The molecule has 0 saturated carbocycles. The van der Waals surface area contributed by atoms with Gasteiger partial charge in [-0.05, 0) is 42.0 Å². The first-order valence-electron chi connectivity index (χ1n) is 10.6. The number of fused-ring (bicyclic) bond motifs is 4. The molecule has 1 N–H and O–H groups in total. The third-order valence-electron chi connectivity index (χ3n) is 5.96. The van der Waals surface area contributed by atoms with Gasteiger partial charge in [-0.2, -0.15) is 5.10 Å². The van der Waals surface area contributed by atoms with Crippen molar-refractivity contribution in [3.05, 3.63) is 106 Å². The lowest BCUT2D eigenvalue weighted by molar-refractivity contribution is -0.127. The van der Waals surface area contributed by atoms with Gasteiger partial charge in [0.05, 0.1) is 16.7 Å². The monoisotopic (exact) mass is 439 g/mol. The average molecular weight is 440 g/mol. The minimum Gasteiger partial charge on any atom is -0.439 e. The van der Waals surface area contributed by atoms with Crippen molar-refractivity contribution in [2.75, 3.05) is 0 Å². The van der Waals surface area contributed by atoms with Gasteiger partial charge in [-0.15, -0.1) is 0 Å². The van der Waals surface area contributed by atoms with Crippen LogP contribution in [0.3, 0.4) is 0 Å². The first-order chi connectivity index (χ1) is 15.6. The van der Waals surface area contributed by atoms with Gasteiger partial charge in [0.25, 0.3) is 5.91 Å². The van der Waals surface area contributed by atoms with Crippen LogP contribution < -0.4 is 10.1 Å². The third kappa shape index (κ3) is 3.10. The second-order valence-electron chi connectivity index (χ2n) is 8.17. The summed E-state index contributed by atoms with van der Waals surface area (Å²) in [6.45, 7) is 2.05. The Morgan fingerprint density at radius 2 is 1.81 bits per heavy atom. The van der Waals surface area contributed by atoms with Crippen LogP contribution in [0.25, 0.3) is 6.08 Å². The zero-order chi connectivity index (χ0) is 21.7. The highest BCUT2D eigenvalue weighted by molar-refractivity contribution is 8.05. The number of benzene rings is 3. The average Bonchev–Trinajstić information content (AvgIpc) is 3.39. The van der Waals surface area contributed by atoms with Crippen molar-refractivity contribution in [1.82, 2.24) is 10.3 Å². The fraction of sp³-hybridized carbons (Fsp3) is 0.154. The lowest BCUT2D eigenvalue weighted by atomic mass is 9.97. The number of ether oxygens (including phenoxy) is 1. The lowest BCUT2D eigenvalue weighted by Gasteiger charge is -2.43. The Morgan fingerprint density at radius 1 is 1.06 bits per heavy atom. The zero-order valence-electron chi connectivity index (χ0n) is 17.5. The fourth-order valence-electron chi connectivity index (χ4n) is 4.36. The summed E-state index contributed by atoms with van der Waals surface area (Å²) in [5.41, 5.74) is 5.31. The molecule has 1 fully saturated rings. The van der Waals surface area contributed by atoms with Crippen LogP contribution in [0.5, 0.6) is 5.75 Å². The van der Waals surface area contributed by atoms with Crippen molar-refractivity contribution in [1.29, 1.82) is 0 Å². The Labute approximate surface area is 190 Å². The molecule has 158 valence electrons. The normalized spacial score (nSPS) is 24.7. The summed E-state index contributed by atoms with van der Waals surface area (Å²) in [5, 5.41) is 8.87. The Hall–Kier alpha value is -3.51. The van der Waals surface area contributed by atoms with E-state index in [9.17, 15) is 4.79 Å². The van der Waals surface area contributed by atoms with Gasteiger partial charge in [-0.25, -0.2) is 5.01 Å². The minimum absolute atomic E-state index is 0.0123. The van der Waals surface area contributed by atoms with Gasteiger partial charge in [-0.1, -0.05) is 78.4 Å². The van der Waals surface area contributed by atoms with E-state index in [0.29, 0.717) is 4.91 Å². The molecule has 3 aromatic rings. The predicted molar refractivity (Wildman–Crippen MR) is 127 cm³/mol. The summed E-state index contributed by atoms with van der Waals surface area (Å²) in [5.74, 6) is 0.625. The second kappa shape index (κ2) is 7.28. The highest BCUT2D eigenvalue weighted by Crippen LogP contribution is 2.53. The van der Waals surface area contributed by atoms with Crippen LogP contribution in [-0.2, 0) is 4.79 Å². The number of hydrazone groups is 1. The number of hydrogen-bond acceptors (Lipinski definition) is 5. The highest BCUT2D eigenvalue weighted by atomic mass is 32.2. The number of thioether (sulfide) groups is 1. The molecule has 0 radical (unpaired) electrons. The van der Waals surface area contributed by atoms with Crippen LogP contribution in [0, 0.1) is 6.92 Å². The van der Waals surface area contributed by atoms with Crippen LogP contribution in [0.2, 0.25) is 0 Å². The number of carbonyl (C=O) groups excluding carboxylic acids is 1. The predicted octanol–water partition coefficient (Wildman–Crippen LogP) is 5.05. The Morgan fingerprint density at radius 3 is 2.62 bits per heavy atom. The first-order valence-corrected chi connectivity index (χ1v) is 11.4. The zero-order valence-corrected chi connectivity index (χ0v) is 18.3. The molecule has 0 aromatic heterocycles. The van der Waals surface area contributed by atoms with Gasteiger partial charge in [0, 0.05) is 12.0 Å². The maximum atomic E-state index is 13.0. The maximum absolute atomic E-state index is 13.0. The van der Waals surface area contributed by atoms with E-state index in [1.807, 2.05) is 78.7 Å². The molecule has 6 rings (SSSR count). The maximum Gasteiger partial charge on any atom is 0.336 e. The summed E-state index contributed by atoms with van der Waals surface area (Å²) < 4.78 is 6.45. The molecule has 2 unspecified atom stereocenters. The molecule has 32 heavy (non-hydrogen) atoms. The van der Waals surface area contributed by atoms with E-state index in [1.165, 1.54) is 17.3 Å². The number of hydrogen-bond donors (Lipinski definition) is 1. The van der Waals surface area contributed by atoms with Crippen molar-refractivity contribution in [3.63, 3.8) is 0 Å². The molecule has 3 aliphatic rings. The van der Waals surface area contributed by atoms with E-state index < -0.39 is 5.18 Å². The molecule has 3 heterocycles. The molecule has 0 bridgehead atoms.